The molecule has 0 aliphatic carbocycles. The second-order valence-corrected chi connectivity index (χ2v) is 7.49. The topological polar surface area (TPSA) is 81.3 Å². The summed E-state index contributed by atoms with van der Waals surface area (Å²) in [5.41, 5.74) is 3.40. The molecule has 2 aromatic rings. The van der Waals surface area contributed by atoms with Crippen molar-refractivity contribution in [1.29, 1.82) is 0 Å². The zero-order valence-electron chi connectivity index (χ0n) is 16.5. The maximum Gasteiger partial charge on any atom is 0.225 e. The number of carbonyl (C=O) groups excluding carboxylic acids is 1. The third-order valence-corrected chi connectivity index (χ3v) is 4.30. The van der Waals surface area contributed by atoms with E-state index in [0.29, 0.717) is 13.1 Å². The first-order valence-corrected chi connectivity index (χ1v) is 9.11. The number of hydrogen-bond acceptors (Lipinski definition) is 2. The number of fused-ring (bicyclic) bond motifs is 1. The van der Waals surface area contributed by atoms with Crippen molar-refractivity contribution in [2.75, 3.05) is 26.7 Å². The summed E-state index contributed by atoms with van der Waals surface area (Å²) in [6.45, 7) is 9.82. The van der Waals surface area contributed by atoms with Crippen molar-refractivity contribution in [3.05, 3.63) is 35.5 Å². The van der Waals surface area contributed by atoms with Crippen LogP contribution >= 0.6 is 0 Å². The molecule has 0 saturated heterocycles. The fourth-order valence-corrected chi connectivity index (χ4v) is 2.73. The van der Waals surface area contributed by atoms with E-state index in [1.54, 1.807) is 7.05 Å². The van der Waals surface area contributed by atoms with Gasteiger partial charge in [-0.3, -0.25) is 9.79 Å². The summed E-state index contributed by atoms with van der Waals surface area (Å²) in [6, 6.07) is 6.36. The van der Waals surface area contributed by atoms with Gasteiger partial charge in [0.2, 0.25) is 5.91 Å². The highest BCUT2D eigenvalue weighted by atomic mass is 16.2. The highest BCUT2D eigenvalue weighted by Crippen LogP contribution is 2.21. The summed E-state index contributed by atoms with van der Waals surface area (Å²) in [4.78, 5) is 19.4. The van der Waals surface area contributed by atoms with Crippen LogP contribution in [0.4, 0.5) is 0 Å². The fourth-order valence-electron chi connectivity index (χ4n) is 2.73. The molecule has 0 fully saturated rings. The average Bonchev–Trinajstić information content (AvgIpc) is 3.00. The summed E-state index contributed by atoms with van der Waals surface area (Å²) >= 11 is 0. The first kappa shape index (κ1) is 19.8. The Labute approximate surface area is 155 Å². The normalized spacial score (nSPS) is 12.3. The maximum absolute atomic E-state index is 11.8. The number of hydrogen-bond donors (Lipinski definition) is 4. The van der Waals surface area contributed by atoms with Crippen molar-refractivity contribution in [2.24, 2.45) is 10.4 Å². The van der Waals surface area contributed by atoms with Gasteiger partial charge in [0.1, 0.15) is 0 Å². The number of guanidine groups is 1. The van der Waals surface area contributed by atoms with Crippen LogP contribution in [0.3, 0.4) is 0 Å². The minimum atomic E-state index is -0.363. The molecule has 0 unspecified atom stereocenters. The number of rotatable bonds is 6. The summed E-state index contributed by atoms with van der Waals surface area (Å²) in [5.74, 6) is 0.794. The Hall–Kier alpha value is -2.50. The molecule has 1 aromatic heterocycles. The summed E-state index contributed by atoms with van der Waals surface area (Å²) in [5, 5.41) is 10.7. The van der Waals surface area contributed by atoms with Gasteiger partial charge in [0.05, 0.1) is 0 Å². The van der Waals surface area contributed by atoms with Gasteiger partial charge in [-0.1, -0.05) is 39.0 Å². The number of aromatic nitrogens is 1. The molecule has 6 heteroatoms. The molecule has 142 valence electrons. The minimum Gasteiger partial charge on any atom is -0.361 e. The lowest BCUT2D eigenvalue weighted by molar-refractivity contribution is -0.128. The first-order chi connectivity index (χ1) is 12.3. The van der Waals surface area contributed by atoms with Gasteiger partial charge >= 0.3 is 0 Å². The number of nitrogens with zero attached hydrogens (tertiary/aromatic N) is 1. The molecular weight excluding hydrogens is 326 g/mol. The molecule has 26 heavy (non-hydrogen) atoms. The van der Waals surface area contributed by atoms with Crippen LogP contribution in [0.1, 0.15) is 31.9 Å². The molecule has 0 saturated carbocycles. The van der Waals surface area contributed by atoms with E-state index in [1.165, 1.54) is 22.0 Å². The standard InChI is InChI=1S/C20H31N5O/c1-14-7-6-8-16-15(13-25-17(14)16)9-10-23-19(21-5)24-12-11-22-18(26)20(2,3)4/h6-8,13,25H,9-12H2,1-5H3,(H,22,26)(H2,21,23,24). The highest BCUT2D eigenvalue weighted by Gasteiger charge is 2.20. The third kappa shape index (κ3) is 5.25. The predicted molar refractivity (Wildman–Crippen MR) is 109 cm³/mol. The van der Waals surface area contributed by atoms with Crippen LogP contribution in [-0.2, 0) is 11.2 Å². The van der Waals surface area contributed by atoms with E-state index in [1.807, 2.05) is 20.8 Å². The molecule has 1 aromatic carbocycles. The average molecular weight is 358 g/mol. The molecule has 0 aliphatic rings. The third-order valence-electron chi connectivity index (χ3n) is 4.30. The van der Waals surface area contributed by atoms with Gasteiger partial charge in [-0.15, -0.1) is 0 Å². The zero-order chi connectivity index (χ0) is 19.2. The van der Waals surface area contributed by atoms with Crippen LogP contribution in [-0.4, -0.2) is 43.5 Å². The fraction of sp³-hybridized carbons (Fsp3) is 0.500. The van der Waals surface area contributed by atoms with Crippen molar-refractivity contribution in [3.8, 4) is 0 Å². The van der Waals surface area contributed by atoms with E-state index < -0.39 is 0 Å². The SMILES string of the molecule is CN=C(NCCNC(=O)C(C)(C)C)NCCc1c[nH]c2c(C)cccc12. The lowest BCUT2D eigenvalue weighted by Crippen LogP contribution is -2.43. The Bertz CT molecular complexity index is 770. The second kappa shape index (κ2) is 8.74. The molecule has 0 bridgehead atoms. The Morgan fingerprint density at radius 1 is 1.12 bits per heavy atom. The summed E-state index contributed by atoms with van der Waals surface area (Å²) in [7, 11) is 1.75. The first-order valence-electron chi connectivity index (χ1n) is 9.11. The minimum absolute atomic E-state index is 0.0527. The Morgan fingerprint density at radius 3 is 2.50 bits per heavy atom. The monoisotopic (exact) mass is 357 g/mol. The number of H-pyrrole nitrogens is 1. The van der Waals surface area contributed by atoms with E-state index >= 15 is 0 Å². The van der Waals surface area contributed by atoms with Gasteiger partial charge in [-0.05, 0) is 24.5 Å². The van der Waals surface area contributed by atoms with Gasteiger partial charge in [0.15, 0.2) is 5.96 Å². The molecular formula is C20H31N5O. The molecule has 4 N–H and O–H groups in total. The van der Waals surface area contributed by atoms with E-state index in [0.717, 1.165) is 18.9 Å². The van der Waals surface area contributed by atoms with Gasteiger partial charge in [-0.2, -0.15) is 0 Å². The Kier molecular flexibility index (Phi) is 6.66. The lowest BCUT2D eigenvalue weighted by atomic mass is 9.96. The van der Waals surface area contributed by atoms with E-state index in [4.69, 9.17) is 0 Å². The number of benzene rings is 1. The summed E-state index contributed by atoms with van der Waals surface area (Å²) < 4.78 is 0. The largest absolute Gasteiger partial charge is 0.361 e. The zero-order valence-corrected chi connectivity index (χ0v) is 16.5. The molecule has 1 heterocycles. The van der Waals surface area contributed by atoms with E-state index in [2.05, 4.69) is 57.2 Å². The number of amides is 1. The molecule has 1 amide bonds. The van der Waals surface area contributed by atoms with Crippen LogP contribution < -0.4 is 16.0 Å². The van der Waals surface area contributed by atoms with Crippen LogP contribution in [0.2, 0.25) is 0 Å². The van der Waals surface area contributed by atoms with Crippen LogP contribution in [0.25, 0.3) is 10.9 Å². The number of aryl methyl sites for hydroxylation is 1. The quantitative estimate of drug-likeness (QED) is 0.364. The predicted octanol–water partition coefficient (Wildman–Crippen LogP) is 2.35. The molecule has 0 atom stereocenters. The molecule has 0 aliphatic heterocycles. The van der Waals surface area contributed by atoms with Gasteiger partial charge in [-0.25, -0.2) is 0 Å². The molecule has 6 nitrogen and oxygen atoms in total. The van der Waals surface area contributed by atoms with E-state index in [9.17, 15) is 4.79 Å². The van der Waals surface area contributed by atoms with Crippen molar-refractivity contribution >= 4 is 22.8 Å². The van der Waals surface area contributed by atoms with E-state index in [-0.39, 0.29) is 11.3 Å². The van der Waals surface area contributed by atoms with Crippen molar-refractivity contribution < 1.29 is 4.79 Å². The Morgan fingerprint density at radius 2 is 1.81 bits per heavy atom. The number of nitrogens with one attached hydrogen (secondary N) is 4. The van der Waals surface area contributed by atoms with Crippen LogP contribution in [0.15, 0.2) is 29.4 Å². The van der Waals surface area contributed by atoms with Crippen molar-refractivity contribution in [1.82, 2.24) is 20.9 Å². The smallest absolute Gasteiger partial charge is 0.225 e. The molecule has 0 spiro atoms. The van der Waals surface area contributed by atoms with Gasteiger partial charge in [0, 0.05) is 49.2 Å². The molecule has 2 rings (SSSR count). The second-order valence-electron chi connectivity index (χ2n) is 7.49. The van der Waals surface area contributed by atoms with Crippen LogP contribution in [0.5, 0.6) is 0 Å². The molecule has 0 radical (unpaired) electrons. The van der Waals surface area contributed by atoms with Gasteiger partial charge < -0.3 is 20.9 Å². The maximum atomic E-state index is 11.8. The van der Waals surface area contributed by atoms with Crippen LogP contribution in [0, 0.1) is 12.3 Å². The Balaban J connectivity index is 1.75. The lowest BCUT2D eigenvalue weighted by Gasteiger charge is -2.18. The van der Waals surface area contributed by atoms with Crippen molar-refractivity contribution in [2.45, 2.75) is 34.1 Å². The number of aromatic amines is 1. The van der Waals surface area contributed by atoms with Crippen molar-refractivity contribution in [3.63, 3.8) is 0 Å². The van der Waals surface area contributed by atoms with Gasteiger partial charge in [0.25, 0.3) is 0 Å². The highest BCUT2D eigenvalue weighted by molar-refractivity contribution is 5.86. The number of para-hydroxylation sites is 1. The number of carbonyl (C=O) groups is 1. The number of aliphatic imine (C=N–C) groups is 1. The summed E-state index contributed by atoms with van der Waals surface area (Å²) in [6.07, 6.45) is 2.99.